The number of nitrogens with zero attached hydrogens (tertiary/aromatic N) is 3. The summed E-state index contributed by atoms with van der Waals surface area (Å²) >= 11 is 5.14. The first-order valence-electron chi connectivity index (χ1n) is 6.58. The van der Waals surface area contributed by atoms with Gasteiger partial charge in [0.2, 0.25) is 0 Å². The Morgan fingerprint density at radius 3 is 2.57 bits per heavy atom. The zero-order chi connectivity index (χ0) is 15.6. The minimum absolute atomic E-state index is 0.316. The molecule has 0 fully saturated rings. The quantitative estimate of drug-likeness (QED) is 0.846. The van der Waals surface area contributed by atoms with Gasteiger partial charge in [-0.1, -0.05) is 18.3 Å². The third-order valence-corrected chi connectivity index (χ3v) is 3.53. The number of anilines is 3. The van der Waals surface area contributed by atoms with Crippen LogP contribution in [0.2, 0.25) is 0 Å². The number of nitrogens with two attached hydrogens (primary N) is 1. The molecule has 110 valence electrons. The number of thiocarbonyl (C=S) groups is 1. The molecule has 0 saturated heterocycles. The fourth-order valence-electron chi connectivity index (χ4n) is 2.00. The van der Waals surface area contributed by atoms with Crippen LogP contribution in [-0.4, -0.2) is 29.3 Å². The van der Waals surface area contributed by atoms with Gasteiger partial charge in [-0.3, -0.25) is 0 Å². The average molecular weight is 301 g/mol. The summed E-state index contributed by atoms with van der Waals surface area (Å²) in [6.07, 6.45) is 0. The van der Waals surface area contributed by atoms with Crippen molar-refractivity contribution in [3.05, 3.63) is 41.1 Å². The van der Waals surface area contributed by atoms with Crippen molar-refractivity contribution >= 4 is 34.4 Å². The molecular weight excluding hydrogens is 282 g/mol. The van der Waals surface area contributed by atoms with E-state index in [-0.39, 0.29) is 0 Å². The second-order valence-electron chi connectivity index (χ2n) is 5.07. The number of benzene rings is 1. The molecule has 1 heterocycles. The summed E-state index contributed by atoms with van der Waals surface area (Å²) < 4.78 is 0. The van der Waals surface area contributed by atoms with E-state index in [9.17, 15) is 0 Å². The van der Waals surface area contributed by atoms with Crippen molar-refractivity contribution in [1.82, 2.24) is 10.2 Å². The third kappa shape index (κ3) is 3.28. The molecule has 3 N–H and O–H groups in total. The van der Waals surface area contributed by atoms with Gasteiger partial charge in [0.1, 0.15) is 4.99 Å². The number of rotatable bonds is 4. The first kappa shape index (κ1) is 15.2. The van der Waals surface area contributed by atoms with Crippen molar-refractivity contribution in [1.29, 1.82) is 0 Å². The van der Waals surface area contributed by atoms with Crippen LogP contribution in [0.5, 0.6) is 0 Å². The molecule has 0 aliphatic heterocycles. The van der Waals surface area contributed by atoms with Crippen LogP contribution in [0.15, 0.2) is 24.3 Å². The number of hydrogen-bond donors (Lipinski definition) is 2. The summed E-state index contributed by atoms with van der Waals surface area (Å²) in [4.78, 5) is 2.35. The van der Waals surface area contributed by atoms with Crippen LogP contribution in [0.3, 0.4) is 0 Å². The smallest absolute Gasteiger partial charge is 0.163 e. The minimum Gasteiger partial charge on any atom is -0.389 e. The Labute approximate surface area is 130 Å². The lowest BCUT2D eigenvalue weighted by molar-refractivity contribution is 0.963. The van der Waals surface area contributed by atoms with E-state index in [4.69, 9.17) is 18.0 Å². The molecule has 0 aliphatic rings. The Hall–Kier alpha value is -2.21. The highest BCUT2D eigenvalue weighted by Gasteiger charge is 2.14. The Morgan fingerprint density at radius 1 is 1.24 bits per heavy atom. The lowest BCUT2D eigenvalue weighted by atomic mass is 10.1. The molecule has 2 rings (SSSR count). The normalized spacial score (nSPS) is 10.3. The van der Waals surface area contributed by atoms with Gasteiger partial charge in [-0.15, -0.1) is 5.10 Å². The molecule has 0 radical (unpaired) electrons. The second kappa shape index (κ2) is 6.05. The minimum atomic E-state index is 0.316. The maximum atomic E-state index is 5.83. The standard InChI is InChI=1S/C15H19N5S/c1-9-10(2)18-19-15(13(9)14(16)21)17-11-6-5-7-12(8-11)20(3)4/h5-8H,1-4H3,(H2,16,21)(H,17,19). The third-order valence-electron chi connectivity index (χ3n) is 3.33. The van der Waals surface area contributed by atoms with Gasteiger partial charge >= 0.3 is 0 Å². The first-order valence-corrected chi connectivity index (χ1v) is 6.99. The van der Waals surface area contributed by atoms with E-state index in [0.717, 1.165) is 28.2 Å². The van der Waals surface area contributed by atoms with Gasteiger partial charge in [-0.2, -0.15) is 5.10 Å². The van der Waals surface area contributed by atoms with Crippen LogP contribution in [0.25, 0.3) is 0 Å². The molecule has 21 heavy (non-hydrogen) atoms. The van der Waals surface area contributed by atoms with E-state index < -0.39 is 0 Å². The van der Waals surface area contributed by atoms with E-state index in [2.05, 4.69) is 15.5 Å². The summed E-state index contributed by atoms with van der Waals surface area (Å²) in [7, 11) is 3.99. The monoisotopic (exact) mass is 301 g/mol. The highest BCUT2D eigenvalue weighted by atomic mass is 32.1. The largest absolute Gasteiger partial charge is 0.389 e. The number of hydrogen-bond acceptors (Lipinski definition) is 5. The SMILES string of the molecule is Cc1nnc(Nc2cccc(N(C)C)c2)c(C(N)=S)c1C. The summed E-state index contributed by atoms with van der Waals surface area (Å²) in [6, 6.07) is 8.01. The molecule has 5 nitrogen and oxygen atoms in total. The molecule has 0 aliphatic carbocycles. The predicted octanol–water partition coefficient (Wildman–Crippen LogP) is 2.54. The number of aryl methyl sites for hydroxylation is 1. The molecule has 1 aromatic carbocycles. The molecular formula is C15H19N5S. The van der Waals surface area contributed by atoms with Crippen LogP contribution in [-0.2, 0) is 0 Å². The summed E-state index contributed by atoms with van der Waals surface area (Å²) in [5.41, 5.74) is 10.4. The summed E-state index contributed by atoms with van der Waals surface area (Å²) in [5, 5.41) is 11.6. The first-order chi connectivity index (χ1) is 9.90. The van der Waals surface area contributed by atoms with Crippen LogP contribution >= 0.6 is 12.2 Å². The number of aromatic nitrogens is 2. The second-order valence-corrected chi connectivity index (χ2v) is 5.51. The highest BCUT2D eigenvalue weighted by molar-refractivity contribution is 7.80. The molecule has 0 bridgehead atoms. The van der Waals surface area contributed by atoms with E-state index in [1.807, 2.05) is 57.1 Å². The lowest BCUT2D eigenvalue weighted by Crippen LogP contribution is -2.17. The van der Waals surface area contributed by atoms with Gasteiger partial charge in [0, 0.05) is 25.5 Å². The Bertz CT molecular complexity index is 682. The van der Waals surface area contributed by atoms with Crippen molar-refractivity contribution in [2.45, 2.75) is 13.8 Å². The maximum Gasteiger partial charge on any atom is 0.163 e. The van der Waals surface area contributed by atoms with Gasteiger partial charge in [0.05, 0.1) is 11.3 Å². The molecule has 0 saturated carbocycles. The summed E-state index contributed by atoms with van der Waals surface area (Å²) in [6.45, 7) is 3.83. The van der Waals surface area contributed by atoms with Crippen molar-refractivity contribution < 1.29 is 0 Å². The van der Waals surface area contributed by atoms with Gasteiger partial charge in [-0.25, -0.2) is 0 Å². The van der Waals surface area contributed by atoms with Crippen molar-refractivity contribution in [3.63, 3.8) is 0 Å². The average Bonchev–Trinajstić information content (AvgIpc) is 2.43. The summed E-state index contributed by atoms with van der Waals surface area (Å²) in [5.74, 6) is 0.585. The fourth-order valence-corrected chi connectivity index (χ4v) is 2.25. The van der Waals surface area contributed by atoms with E-state index in [1.54, 1.807) is 0 Å². The maximum absolute atomic E-state index is 5.83. The molecule has 0 atom stereocenters. The highest BCUT2D eigenvalue weighted by Crippen LogP contribution is 2.24. The topological polar surface area (TPSA) is 67.1 Å². The van der Waals surface area contributed by atoms with Gasteiger partial charge < -0.3 is 16.0 Å². The Morgan fingerprint density at radius 2 is 1.95 bits per heavy atom. The Balaban J connectivity index is 2.42. The zero-order valence-corrected chi connectivity index (χ0v) is 13.5. The van der Waals surface area contributed by atoms with E-state index >= 15 is 0 Å². The molecule has 0 spiro atoms. The van der Waals surface area contributed by atoms with Crippen LogP contribution in [0.1, 0.15) is 16.8 Å². The molecule has 6 heteroatoms. The van der Waals surface area contributed by atoms with Crippen molar-refractivity contribution in [2.24, 2.45) is 5.73 Å². The molecule has 0 amide bonds. The number of nitrogens with one attached hydrogen (secondary N) is 1. The lowest BCUT2D eigenvalue weighted by Gasteiger charge is -2.16. The molecule has 2 aromatic rings. The van der Waals surface area contributed by atoms with Gasteiger partial charge in [0.25, 0.3) is 0 Å². The van der Waals surface area contributed by atoms with Gasteiger partial charge in [0.15, 0.2) is 5.82 Å². The Kier molecular flexibility index (Phi) is 4.37. The van der Waals surface area contributed by atoms with Crippen molar-refractivity contribution in [3.8, 4) is 0 Å². The van der Waals surface area contributed by atoms with Crippen LogP contribution < -0.4 is 16.0 Å². The van der Waals surface area contributed by atoms with Crippen LogP contribution in [0, 0.1) is 13.8 Å². The predicted molar refractivity (Wildman–Crippen MR) is 91.4 cm³/mol. The molecule has 1 aromatic heterocycles. The molecule has 0 unspecified atom stereocenters. The zero-order valence-electron chi connectivity index (χ0n) is 12.6. The van der Waals surface area contributed by atoms with Crippen molar-refractivity contribution in [2.75, 3.05) is 24.3 Å². The van der Waals surface area contributed by atoms with E-state index in [1.165, 1.54) is 0 Å². The van der Waals surface area contributed by atoms with E-state index in [0.29, 0.717) is 10.8 Å². The fraction of sp³-hybridized carbons (Fsp3) is 0.267. The van der Waals surface area contributed by atoms with Gasteiger partial charge in [-0.05, 0) is 37.6 Å². The van der Waals surface area contributed by atoms with Crippen LogP contribution in [0.4, 0.5) is 17.2 Å².